The van der Waals surface area contributed by atoms with Crippen molar-refractivity contribution in [2.75, 3.05) is 19.6 Å². The van der Waals surface area contributed by atoms with Crippen LogP contribution in [0.3, 0.4) is 0 Å². The second-order valence-electron chi connectivity index (χ2n) is 12.2. The summed E-state index contributed by atoms with van der Waals surface area (Å²) in [5.74, 6) is 0.0766. The van der Waals surface area contributed by atoms with Crippen LogP contribution >= 0.6 is 11.6 Å². The van der Waals surface area contributed by atoms with Gasteiger partial charge in [0, 0.05) is 42.7 Å². The maximum atomic E-state index is 11.4. The molecule has 0 saturated carbocycles. The molecule has 2 saturated heterocycles. The predicted molar refractivity (Wildman–Crippen MR) is 174 cm³/mol. The van der Waals surface area contributed by atoms with Crippen molar-refractivity contribution in [1.29, 1.82) is 0 Å². The Bertz CT molecular complexity index is 1540. The van der Waals surface area contributed by atoms with Gasteiger partial charge in [-0.05, 0) is 70.5 Å². The number of ether oxygens (including phenoxy) is 2. The quantitative estimate of drug-likeness (QED) is 0.204. The SMILES string of the molecule is CC1C(CN2CCC(O)(c3ccc(Cl)cc3)CC2)OC(c2cccc(-c3cccc(CN)c3)c2)OC1c1ccc(CO)cc1. The van der Waals surface area contributed by atoms with Gasteiger partial charge >= 0.3 is 0 Å². The van der Waals surface area contributed by atoms with E-state index in [1.165, 1.54) is 0 Å². The highest BCUT2D eigenvalue weighted by Crippen LogP contribution is 2.43. The Morgan fingerprint density at radius 3 is 2.20 bits per heavy atom. The van der Waals surface area contributed by atoms with E-state index in [0.717, 1.165) is 58.6 Å². The van der Waals surface area contributed by atoms with E-state index in [1.54, 1.807) is 0 Å². The summed E-state index contributed by atoms with van der Waals surface area (Å²) in [6.45, 7) is 4.95. The monoisotopic (exact) mass is 612 g/mol. The largest absolute Gasteiger partial charge is 0.392 e. The Morgan fingerprint density at radius 1 is 0.841 bits per heavy atom. The molecule has 2 aliphatic rings. The third kappa shape index (κ3) is 6.77. The van der Waals surface area contributed by atoms with Crippen LogP contribution < -0.4 is 5.73 Å². The fraction of sp³-hybridized carbons (Fsp3) is 0.351. The molecule has 4 aromatic rings. The van der Waals surface area contributed by atoms with Crippen LogP contribution in [0.15, 0.2) is 97.1 Å². The van der Waals surface area contributed by atoms with E-state index in [2.05, 4.69) is 42.2 Å². The average Bonchev–Trinajstić information content (AvgIpc) is 3.07. The molecule has 4 aromatic carbocycles. The van der Waals surface area contributed by atoms with Crippen LogP contribution in [0.5, 0.6) is 0 Å². The van der Waals surface area contributed by atoms with Crippen molar-refractivity contribution < 1.29 is 19.7 Å². The number of aliphatic hydroxyl groups excluding tert-OH is 1. The third-order valence-corrected chi connectivity index (χ3v) is 9.53. The van der Waals surface area contributed by atoms with Gasteiger partial charge in [-0.2, -0.15) is 0 Å². The first kappa shape index (κ1) is 30.9. The summed E-state index contributed by atoms with van der Waals surface area (Å²) < 4.78 is 13.5. The number of likely N-dealkylation sites (tertiary alicyclic amines) is 1. The van der Waals surface area contributed by atoms with Crippen LogP contribution in [0.2, 0.25) is 5.02 Å². The van der Waals surface area contributed by atoms with Crippen molar-refractivity contribution in [3.05, 3.63) is 130 Å². The fourth-order valence-corrected chi connectivity index (χ4v) is 6.61. The summed E-state index contributed by atoms with van der Waals surface area (Å²) in [6, 6.07) is 32.2. The van der Waals surface area contributed by atoms with Gasteiger partial charge in [-0.3, -0.25) is 0 Å². The van der Waals surface area contributed by atoms with Gasteiger partial charge in [0.05, 0.1) is 24.4 Å². The molecule has 2 aliphatic heterocycles. The molecule has 0 aromatic heterocycles. The molecule has 230 valence electrons. The minimum atomic E-state index is -0.857. The number of nitrogens with two attached hydrogens (primary N) is 1. The van der Waals surface area contributed by atoms with E-state index in [0.29, 0.717) is 24.4 Å². The lowest BCUT2D eigenvalue weighted by molar-refractivity contribution is -0.277. The Hall–Kier alpha value is -3.07. The molecular formula is C37H41ClN2O4. The van der Waals surface area contributed by atoms with E-state index in [4.69, 9.17) is 26.8 Å². The maximum Gasteiger partial charge on any atom is 0.184 e. The van der Waals surface area contributed by atoms with Crippen LogP contribution in [0, 0.1) is 5.92 Å². The zero-order valence-electron chi connectivity index (χ0n) is 25.1. The van der Waals surface area contributed by atoms with E-state index < -0.39 is 11.9 Å². The number of hydrogen-bond donors (Lipinski definition) is 3. The molecule has 7 heteroatoms. The zero-order valence-corrected chi connectivity index (χ0v) is 25.9. The molecule has 44 heavy (non-hydrogen) atoms. The van der Waals surface area contributed by atoms with E-state index in [-0.39, 0.29) is 24.7 Å². The van der Waals surface area contributed by atoms with Crippen LogP contribution in [-0.2, 0) is 28.2 Å². The van der Waals surface area contributed by atoms with Crippen molar-refractivity contribution in [3.8, 4) is 11.1 Å². The van der Waals surface area contributed by atoms with E-state index >= 15 is 0 Å². The summed E-state index contributed by atoms with van der Waals surface area (Å²) in [4.78, 5) is 2.40. The molecule has 0 aliphatic carbocycles. The molecule has 4 N–H and O–H groups in total. The molecular weight excluding hydrogens is 572 g/mol. The second kappa shape index (κ2) is 13.5. The van der Waals surface area contributed by atoms with Crippen LogP contribution in [0.1, 0.15) is 60.0 Å². The third-order valence-electron chi connectivity index (χ3n) is 9.28. The number of rotatable bonds is 8. The average molecular weight is 613 g/mol. The standard InChI is InChI=1S/C37H41ClN2O4/c1-25-34(23-40-18-16-37(42,17-19-40)32-12-14-33(38)15-13-32)43-36(44-35(25)28-10-8-26(24-41)9-11-28)31-7-3-6-30(21-31)29-5-2-4-27(20-29)22-39/h2-15,20-21,25,34-36,41-42H,16-19,22-24,39H2,1H3. The normalized spacial score (nSPS) is 23.8. The Morgan fingerprint density at radius 2 is 1.52 bits per heavy atom. The van der Waals surface area contributed by atoms with Gasteiger partial charge in [-0.25, -0.2) is 0 Å². The fourth-order valence-electron chi connectivity index (χ4n) is 6.48. The number of nitrogens with zero attached hydrogens (tertiary/aromatic N) is 1. The Kier molecular flexibility index (Phi) is 9.50. The first-order valence-electron chi connectivity index (χ1n) is 15.5. The number of piperidine rings is 1. The van der Waals surface area contributed by atoms with Crippen molar-refractivity contribution in [1.82, 2.24) is 4.90 Å². The lowest BCUT2D eigenvalue weighted by Crippen LogP contribution is -2.49. The first-order chi connectivity index (χ1) is 21.3. The summed E-state index contributed by atoms with van der Waals surface area (Å²) in [5.41, 5.74) is 12.1. The van der Waals surface area contributed by atoms with Gasteiger partial charge in [0.2, 0.25) is 0 Å². The van der Waals surface area contributed by atoms with Gasteiger partial charge in [-0.15, -0.1) is 0 Å². The predicted octanol–water partition coefficient (Wildman–Crippen LogP) is 6.73. The van der Waals surface area contributed by atoms with Crippen molar-refractivity contribution in [3.63, 3.8) is 0 Å². The summed E-state index contributed by atoms with van der Waals surface area (Å²) in [6.07, 6.45) is 0.456. The lowest BCUT2D eigenvalue weighted by atomic mass is 9.84. The van der Waals surface area contributed by atoms with Crippen molar-refractivity contribution >= 4 is 11.6 Å². The van der Waals surface area contributed by atoms with E-state index in [9.17, 15) is 10.2 Å². The van der Waals surface area contributed by atoms with E-state index in [1.807, 2.05) is 66.7 Å². The number of aliphatic hydroxyl groups is 2. The highest BCUT2D eigenvalue weighted by atomic mass is 35.5. The maximum absolute atomic E-state index is 11.4. The smallest absolute Gasteiger partial charge is 0.184 e. The summed E-state index contributed by atoms with van der Waals surface area (Å²) >= 11 is 6.09. The van der Waals surface area contributed by atoms with Gasteiger partial charge in [0.15, 0.2) is 6.29 Å². The Balaban J connectivity index is 1.23. The van der Waals surface area contributed by atoms with Gasteiger partial charge < -0.3 is 30.3 Å². The minimum absolute atomic E-state index is 0.00515. The molecule has 2 fully saturated rings. The second-order valence-corrected chi connectivity index (χ2v) is 12.6. The van der Waals surface area contributed by atoms with Crippen LogP contribution in [0.4, 0.5) is 0 Å². The minimum Gasteiger partial charge on any atom is -0.392 e. The topological polar surface area (TPSA) is 88.2 Å². The number of benzene rings is 4. The molecule has 6 rings (SSSR count). The van der Waals surface area contributed by atoms with Crippen molar-refractivity contribution in [2.24, 2.45) is 11.7 Å². The molecule has 0 bridgehead atoms. The van der Waals surface area contributed by atoms with Crippen molar-refractivity contribution in [2.45, 2.75) is 57.0 Å². The van der Waals surface area contributed by atoms with Gasteiger partial charge in [-0.1, -0.05) is 91.3 Å². The first-order valence-corrected chi connectivity index (χ1v) is 15.8. The number of halogens is 1. The van der Waals surface area contributed by atoms with Gasteiger partial charge in [0.1, 0.15) is 0 Å². The molecule has 6 nitrogen and oxygen atoms in total. The molecule has 0 radical (unpaired) electrons. The molecule has 4 atom stereocenters. The summed E-state index contributed by atoms with van der Waals surface area (Å²) in [5, 5.41) is 21.7. The molecule has 4 unspecified atom stereocenters. The zero-order chi connectivity index (χ0) is 30.7. The molecule has 0 amide bonds. The van der Waals surface area contributed by atoms with Gasteiger partial charge in [0.25, 0.3) is 0 Å². The summed E-state index contributed by atoms with van der Waals surface area (Å²) in [7, 11) is 0. The van der Waals surface area contributed by atoms with Crippen LogP contribution in [-0.4, -0.2) is 40.9 Å². The molecule has 0 spiro atoms. The molecule has 2 heterocycles. The lowest BCUT2D eigenvalue weighted by Gasteiger charge is -2.45. The Labute approximate surface area is 265 Å². The highest BCUT2D eigenvalue weighted by Gasteiger charge is 2.41. The number of hydrogen-bond acceptors (Lipinski definition) is 6. The highest BCUT2D eigenvalue weighted by molar-refractivity contribution is 6.30. The van der Waals surface area contributed by atoms with Crippen LogP contribution in [0.25, 0.3) is 11.1 Å².